The van der Waals surface area contributed by atoms with Crippen molar-refractivity contribution in [3.8, 4) is 11.8 Å². The third-order valence-electron chi connectivity index (χ3n) is 5.24. The number of sulfonamides is 1. The lowest BCUT2D eigenvalue weighted by atomic mass is 10.0. The Morgan fingerprint density at radius 1 is 1.21 bits per heavy atom. The van der Waals surface area contributed by atoms with Gasteiger partial charge in [-0.25, -0.2) is 13.2 Å². The van der Waals surface area contributed by atoms with E-state index in [4.69, 9.17) is 9.26 Å². The first kappa shape index (κ1) is 22.1. The Hall–Kier alpha value is -4.10. The molecule has 0 radical (unpaired) electrons. The fourth-order valence-corrected chi connectivity index (χ4v) is 4.47. The topological polar surface area (TPSA) is 128 Å². The second-order valence-corrected chi connectivity index (χ2v) is 8.97. The van der Waals surface area contributed by atoms with Crippen molar-refractivity contribution in [1.82, 2.24) is 10.5 Å². The molecule has 168 valence electrons. The van der Waals surface area contributed by atoms with Crippen LogP contribution in [0.25, 0.3) is 0 Å². The zero-order chi connectivity index (χ0) is 23.8. The van der Waals surface area contributed by atoms with Crippen molar-refractivity contribution in [1.29, 1.82) is 0 Å². The van der Waals surface area contributed by atoms with Crippen LogP contribution in [-0.4, -0.2) is 32.6 Å². The van der Waals surface area contributed by atoms with Crippen LogP contribution in [0.4, 0.5) is 5.69 Å². The number of nitrogens with zero attached hydrogens (tertiary/aromatic N) is 1. The summed E-state index contributed by atoms with van der Waals surface area (Å²) >= 11 is 0. The summed E-state index contributed by atoms with van der Waals surface area (Å²) in [5.41, 5.74) is 2.51. The van der Waals surface area contributed by atoms with Crippen molar-refractivity contribution in [3.05, 3.63) is 75.7 Å². The Kier molecular flexibility index (Phi) is 5.66. The van der Waals surface area contributed by atoms with Gasteiger partial charge in [0.15, 0.2) is 5.69 Å². The lowest BCUT2D eigenvalue weighted by molar-refractivity contribution is 0.0597. The number of carbonyl (C=O) groups is 2. The lowest BCUT2D eigenvalue weighted by Gasteiger charge is -2.13. The summed E-state index contributed by atoms with van der Waals surface area (Å²) in [6.45, 7) is 3.70. The van der Waals surface area contributed by atoms with E-state index >= 15 is 0 Å². The molecular formula is C23H19N3O6S. The highest BCUT2D eigenvalue weighted by Crippen LogP contribution is 2.30. The molecule has 10 heteroatoms. The molecule has 0 aliphatic carbocycles. The maximum absolute atomic E-state index is 13.1. The molecule has 2 N–H and O–H groups in total. The summed E-state index contributed by atoms with van der Waals surface area (Å²) < 4.78 is 38.4. The van der Waals surface area contributed by atoms with Crippen molar-refractivity contribution in [2.45, 2.75) is 25.3 Å². The zero-order valence-corrected chi connectivity index (χ0v) is 18.8. The van der Waals surface area contributed by atoms with Crippen molar-refractivity contribution >= 4 is 27.6 Å². The molecule has 9 nitrogen and oxygen atoms in total. The van der Waals surface area contributed by atoms with Crippen molar-refractivity contribution in [3.63, 3.8) is 0 Å². The summed E-state index contributed by atoms with van der Waals surface area (Å²) in [4.78, 5) is 24.2. The molecule has 0 saturated heterocycles. The van der Waals surface area contributed by atoms with Crippen LogP contribution in [0, 0.1) is 25.7 Å². The number of carbonyl (C=O) groups excluding carboxylic acids is 2. The second-order valence-electron chi connectivity index (χ2n) is 7.28. The Bertz CT molecular complexity index is 1460. The van der Waals surface area contributed by atoms with E-state index in [0.717, 1.165) is 5.56 Å². The molecule has 1 aliphatic heterocycles. The molecule has 1 amide bonds. The van der Waals surface area contributed by atoms with Gasteiger partial charge in [-0.3, -0.25) is 9.52 Å². The smallest absolute Gasteiger partial charge is 0.338 e. The quantitative estimate of drug-likeness (QED) is 0.448. The standard InChI is InChI=1S/C23H19N3O6S/c1-13-14(2)32-25-19(13)9-7-15-5-4-6-16(11-15)33(29,30)26-20-10-8-17(23(28)31-3)21-18(20)12-24-22(21)27/h4-6,8,10-11,26H,12H2,1-3H3,(H,24,27). The van der Waals surface area contributed by atoms with Gasteiger partial charge in [0.25, 0.3) is 15.9 Å². The van der Waals surface area contributed by atoms with Gasteiger partial charge >= 0.3 is 5.97 Å². The molecule has 0 unspecified atom stereocenters. The predicted octanol–water partition coefficient (Wildman–Crippen LogP) is 2.52. The molecule has 1 aromatic heterocycles. The highest BCUT2D eigenvalue weighted by Gasteiger charge is 2.30. The Labute approximate surface area is 190 Å². The summed E-state index contributed by atoms with van der Waals surface area (Å²) in [5, 5.41) is 6.48. The van der Waals surface area contributed by atoms with Gasteiger partial charge < -0.3 is 14.6 Å². The second kappa shape index (κ2) is 8.44. The van der Waals surface area contributed by atoms with Crippen molar-refractivity contribution in [2.24, 2.45) is 0 Å². The number of aryl methyl sites for hydroxylation is 1. The molecule has 33 heavy (non-hydrogen) atoms. The summed E-state index contributed by atoms with van der Waals surface area (Å²) in [6, 6.07) is 8.92. The number of benzene rings is 2. The molecule has 0 spiro atoms. The molecular weight excluding hydrogens is 446 g/mol. The largest absolute Gasteiger partial charge is 0.465 e. The van der Waals surface area contributed by atoms with Crippen LogP contribution in [0.1, 0.15) is 48.9 Å². The predicted molar refractivity (Wildman–Crippen MR) is 118 cm³/mol. The first-order chi connectivity index (χ1) is 15.7. The van der Waals surface area contributed by atoms with Crippen LogP contribution in [0.5, 0.6) is 0 Å². The number of nitrogens with one attached hydrogen (secondary N) is 2. The maximum Gasteiger partial charge on any atom is 0.338 e. The summed E-state index contributed by atoms with van der Waals surface area (Å²) in [5.74, 6) is 5.29. The lowest BCUT2D eigenvalue weighted by Crippen LogP contribution is -2.16. The van der Waals surface area contributed by atoms with E-state index in [1.54, 1.807) is 19.1 Å². The molecule has 0 atom stereocenters. The van der Waals surface area contributed by atoms with Crippen LogP contribution in [0.15, 0.2) is 45.8 Å². The van der Waals surface area contributed by atoms with Gasteiger partial charge in [-0.1, -0.05) is 17.1 Å². The third-order valence-corrected chi connectivity index (χ3v) is 6.61. The van der Waals surface area contributed by atoms with E-state index < -0.39 is 21.9 Å². The van der Waals surface area contributed by atoms with Crippen molar-refractivity contribution < 1.29 is 27.3 Å². The molecule has 1 aliphatic rings. The number of hydrogen-bond acceptors (Lipinski definition) is 7. The average Bonchev–Trinajstić information content (AvgIpc) is 3.35. The van der Waals surface area contributed by atoms with Crippen LogP contribution in [0.3, 0.4) is 0 Å². The minimum Gasteiger partial charge on any atom is -0.465 e. The molecule has 4 rings (SSSR count). The molecule has 0 fully saturated rings. The van der Waals surface area contributed by atoms with E-state index in [1.165, 1.54) is 31.4 Å². The molecule has 0 bridgehead atoms. The van der Waals surface area contributed by atoms with Gasteiger partial charge in [0.1, 0.15) is 5.76 Å². The van der Waals surface area contributed by atoms with Gasteiger partial charge in [-0.2, -0.15) is 0 Å². The summed E-state index contributed by atoms with van der Waals surface area (Å²) in [7, 11) is -2.80. The molecule has 0 saturated carbocycles. The highest BCUT2D eigenvalue weighted by molar-refractivity contribution is 7.92. The monoisotopic (exact) mass is 465 g/mol. The molecule has 2 heterocycles. The van der Waals surface area contributed by atoms with Crippen molar-refractivity contribution in [2.75, 3.05) is 11.8 Å². The number of methoxy groups -OCH3 is 1. The molecule has 3 aromatic rings. The number of ether oxygens (including phenoxy) is 1. The van der Waals surface area contributed by atoms with Gasteiger partial charge in [-0.15, -0.1) is 0 Å². The normalized spacial score (nSPS) is 12.4. The van der Waals surface area contributed by atoms with E-state index in [0.29, 0.717) is 22.6 Å². The first-order valence-electron chi connectivity index (χ1n) is 9.81. The number of aromatic nitrogens is 1. The maximum atomic E-state index is 13.1. The number of rotatable bonds is 4. The number of fused-ring (bicyclic) bond motifs is 1. The van der Waals surface area contributed by atoms with Crippen LogP contribution >= 0.6 is 0 Å². The summed E-state index contributed by atoms with van der Waals surface area (Å²) in [6.07, 6.45) is 0. The van der Waals surface area contributed by atoms with E-state index in [-0.39, 0.29) is 28.3 Å². The van der Waals surface area contributed by atoms with E-state index in [9.17, 15) is 18.0 Å². The van der Waals surface area contributed by atoms with Crippen LogP contribution in [-0.2, 0) is 21.3 Å². The Morgan fingerprint density at radius 2 is 2.00 bits per heavy atom. The van der Waals surface area contributed by atoms with Crippen LogP contribution < -0.4 is 10.0 Å². The third kappa shape index (κ3) is 4.18. The van der Waals surface area contributed by atoms with Gasteiger partial charge in [0.05, 0.1) is 28.8 Å². The Morgan fingerprint density at radius 3 is 2.70 bits per heavy atom. The minimum absolute atomic E-state index is 0.00886. The van der Waals surface area contributed by atoms with Gasteiger partial charge in [0, 0.05) is 23.2 Å². The fraction of sp³-hybridized carbons (Fsp3) is 0.174. The zero-order valence-electron chi connectivity index (χ0n) is 18.0. The first-order valence-corrected chi connectivity index (χ1v) is 11.3. The van der Waals surface area contributed by atoms with Crippen LogP contribution in [0.2, 0.25) is 0 Å². The fourth-order valence-electron chi connectivity index (χ4n) is 3.33. The minimum atomic E-state index is -4.01. The van der Waals surface area contributed by atoms with E-state index in [2.05, 4.69) is 27.0 Å². The molecule has 2 aromatic carbocycles. The SMILES string of the molecule is COC(=O)c1ccc(NS(=O)(=O)c2cccc(C#Cc3noc(C)c3C)c2)c2c1C(=O)NC2. The highest BCUT2D eigenvalue weighted by atomic mass is 32.2. The number of anilines is 1. The van der Waals surface area contributed by atoms with Gasteiger partial charge in [-0.05, 0) is 50.1 Å². The number of amides is 1. The number of esters is 1. The van der Waals surface area contributed by atoms with Gasteiger partial charge in [0.2, 0.25) is 0 Å². The average molecular weight is 465 g/mol. The number of hydrogen-bond donors (Lipinski definition) is 2. The Balaban J connectivity index is 1.66. The van der Waals surface area contributed by atoms with E-state index in [1.807, 2.05) is 6.92 Å².